The Labute approximate surface area is 155 Å². The minimum absolute atomic E-state index is 0. The Hall–Kier alpha value is -0.710. The number of nitrogens with zero attached hydrogens (tertiary/aromatic N) is 2. The number of rotatable bonds is 4. The van der Waals surface area contributed by atoms with Crippen LogP contribution >= 0.6 is 12.4 Å². The van der Waals surface area contributed by atoms with E-state index in [1.54, 1.807) is 12.1 Å². The summed E-state index contributed by atoms with van der Waals surface area (Å²) in [4.78, 5) is -0.255. The van der Waals surface area contributed by atoms with E-state index >= 15 is 0 Å². The van der Waals surface area contributed by atoms with Crippen molar-refractivity contribution in [1.82, 2.24) is 8.61 Å². The van der Waals surface area contributed by atoms with Crippen LogP contribution < -0.4 is 5.73 Å². The summed E-state index contributed by atoms with van der Waals surface area (Å²) in [5.74, 6) is 0. The molecule has 2 N–H and O–H groups in total. The zero-order valence-corrected chi connectivity index (χ0v) is 16.3. The van der Waals surface area contributed by atoms with Crippen LogP contribution in [-0.4, -0.2) is 57.7 Å². The first-order valence-electron chi connectivity index (χ1n) is 8.18. The van der Waals surface area contributed by atoms with Gasteiger partial charge in [-0.25, -0.2) is 16.8 Å². The molecule has 2 aliphatic heterocycles. The molecule has 1 aromatic rings. The second-order valence-corrected chi connectivity index (χ2v) is 10.1. The van der Waals surface area contributed by atoms with E-state index < -0.39 is 20.0 Å². The summed E-state index contributed by atoms with van der Waals surface area (Å²) in [6, 6.07) is 5.89. The molecular weight excluding hydrogens is 386 g/mol. The molecule has 0 aliphatic carbocycles. The predicted molar refractivity (Wildman–Crippen MR) is 97.7 cm³/mol. The van der Waals surface area contributed by atoms with Gasteiger partial charge in [-0.3, -0.25) is 0 Å². The van der Waals surface area contributed by atoms with Gasteiger partial charge in [-0.1, -0.05) is 12.1 Å². The Morgan fingerprint density at radius 3 is 1.64 bits per heavy atom. The van der Waals surface area contributed by atoms with Crippen molar-refractivity contribution in [3.05, 3.63) is 24.3 Å². The Morgan fingerprint density at radius 2 is 1.20 bits per heavy atom. The van der Waals surface area contributed by atoms with Crippen molar-refractivity contribution >= 4 is 32.5 Å². The van der Waals surface area contributed by atoms with Crippen molar-refractivity contribution in [2.75, 3.05) is 26.2 Å². The largest absolute Gasteiger partial charge is 0.328 e. The molecule has 0 spiro atoms. The summed E-state index contributed by atoms with van der Waals surface area (Å²) in [5, 5.41) is 0. The number of hydrogen-bond acceptors (Lipinski definition) is 5. The van der Waals surface area contributed by atoms with Crippen LogP contribution in [0.15, 0.2) is 34.1 Å². The lowest BCUT2D eigenvalue weighted by atomic mass is 10.1. The van der Waals surface area contributed by atoms with Crippen molar-refractivity contribution in [1.29, 1.82) is 0 Å². The average molecular weight is 410 g/mol. The zero-order valence-electron chi connectivity index (χ0n) is 13.9. The van der Waals surface area contributed by atoms with Crippen LogP contribution in [-0.2, 0) is 20.0 Å². The van der Waals surface area contributed by atoms with Gasteiger partial charge in [-0.05, 0) is 37.8 Å². The summed E-state index contributed by atoms with van der Waals surface area (Å²) in [6.07, 6.45) is 2.77. The molecule has 7 nitrogen and oxygen atoms in total. The third kappa shape index (κ3) is 4.01. The van der Waals surface area contributed by atoms with Crippen molar-refractivity contribution < 1.29 is 16.8 Å². The van der Waals surface area contributed by atoms with Gasteiger partial charge in [-0.2, -0.15) is 8.61 Å². The fourth-order valence-electron chi connectivity index (χ4n) is 3.20. The molecule has 0 unspecified atom stereocenters. The number of nitrogens with two attached hydrogens (primary N) is 1. The van der Waals surface area contributed by atoms with Gasteiger partial charge in [0.1, 0.15) is 9.79 Å². The number of sulfonamides is 2. The minimum Gasteiger partial charge on any atom is -0.328 e. The second-order valence-electron chi connectivity index (χ2n) is 6.30. The molecule has 0 amide bonds. The van der Waals surface area contributed by atoms with Crippen LogP contribution in [0.25, 0.3) is 0 Å². The molecule has 2 aliphatic rings. The van der Waals surface area contributed by atoms with Gasteiger partial charge < -0.3 is 5.73 Å². The molecule has 2 saturated heterocycles. The summed E-state index contributed by atoms with van der Waals surface area (Å²) in [7, 11) is -7.66. The second kappa shape index (κ2) is 7.89. The molecule has 25 heavy (non-hydrogen) atoms. The maximum Gasteiger partial charge on any atom is 0.244 e. The van der Waals surface area contributed by atoms with Crippen molar-refractivity contribution in [3.63, 3.8) is 0 Å². The molecule has 0 bridgehead atoms. The number of benzene rings is 1. The highest BCUT2D eigenvalue weighted by molar-refractivity contribution is 7.92. The Kier molecular flexibility index (Phi) is 6.50. The predicted octanol–water partition coefficient (Wildman–Crippen LogP) is 1.00. The molecule has 0 atom stereocenters. The normalized spacial score (nSPS) is 21.2. The average Bonchev–Trinajstić information content (AvgIpc) is 3.10. The molecule has 3 rings (SSSR count). The Morgan fingerprint density at radius 1 is 0.800 bits per heavy atom. The van der Waals surface area contributed by atoms with Crippen molar-refractivity contribution in [3.8, 4) is 0 Å². The van der Waals surface area contributed by atoms with E-state index in [0.717, 1.165) is 12.8 Å². The lowest BCUT2D eigenvalue weighted by Crippen LogP contribution is -2.43. The number of hydrogen-bond donors (Lipinski definition) is 1. The molecule has 1 aromatic carbocycles. The lowest BCUT2D eigenvalue weighted by molar-refractivity contribution is 0.319. The van der Waals surface area contributed by atoms with E-state index in [1.165, 1.54) is 20.7 Å². The summed E-state index contributed by atoms with van der Waals surface area (Å²) >= 11 is 0. The van der Waals surface area contributed by atoms with Gasteiger partial charge in [-0.15, -0.1) is 12.4 Å². The number of halogens is 1. The third-order valence-corrected chi connectivity index (χ3v) is 8.69. The minimum atomic E-state index is -3.86. The molecule has 2 heterocycles. The Bertz CT molecular complexity index is 800. The van der Waals surface area contributed by atoms with Gasteiger partial charge in [0, 0.05) is 32.2 Å². The van der Waals surface area contributed by atoms with Gasteiger partial charge in [0.2, 0.25) is 20.0 Å². The first-order chi connectivity index (χ1) is 11.3. The van der Waals surface area contributed by atoms with E-state index in [4.69, 9.17) is 5.73 Å². The zero-order chi connectivity index (χ0) is 17.4. The quantitative estimate of drug-likeness (QED) is 0.799. The third-order valence-electron chi connectivity index (χ3n) is 4.65. The highest BCUT2D eigenvalue weighted by atomic mass is 35.5. The SMILES string of the molecule is Cl.NC1CCN(S(=O)(=O)c2ccccc2S(=O)(=O)N2CCCC2)CC1. The van der Waals surface area contributed by atoms with E-state index in [-0.39, 0.29) is 28.2 Å². The van der Waals surface area contributed by atoms with E-state index in [2.05, 4.69) is 0 Å². The van der Waals surface area contributed by atoms with Gasteiger partial charge in [0.25, 0.3) is 0 Å². The molecule has 0 aromatic heterocycles. The van der Waals surface area contributed by atoms with Crippen LogP contribution in [0.4, 0.5) is 0 Å². The maximum absolute atomic E-state index is 13.0. The number of piperidine rings is 1. The molecule has 2 fully saturated rings. The topological polar surface area (TPSA) is 101 Å². The van der Waals surface area contributed by atoms with Crippen molar-refractivity contribution in [2.45, 2.75) is 41.5 Å². The van der Waals surface area contributed by atoms with Gasteiger partial charge in [0.05, 0.1) is 0 Å². The van der Waals surface area contributed by atoms with Crippen LogP contribution in [0.3, 0.4) is 0 Å². The highest BCUT2D eigenvalue weighted by Gasteiger charge is 2.36. The molecule has 0 radical (unpaired) electrons. The lowest BCUT2D eigenvalue weighted by Gasteiger charge is -2.30. The van der Waals surface area contributed by atoms with E-state index in [0.29, 0.717) is 39.0 Å². The molecule has 10 heteroatoms. The smallest absolute Gasteiger partial charge is 0.244 e. The molecule has 0 saturated carbocycles. The first kappa shape index (κ1) is 20.6. The van der Waals surface area contributed by atoms with E-state index in [9.17, 15) is 16.8 Å². The van der Waals surface area contributed by atoms with Gasteiger partial charge >= 0.3 is 0 Å². The fraction of sp³-hybridized carbons (Fsp3) is 0.600. The van der Waals surface area contributed by atoms with E-state index in [1.807, 2.05) is 0 Å². The first-order valence-corrected chi connectivity index (χ1v) is 11.1. The standard InChI is InChI=1S/C15H23N3O4S2.ClH/c16-13-7-11-18(12-8-13)24(21,22)15-6-2-1-5-14(15)23(19,20)17-9-3-4-10-17;/h1-2,5-6,13H,3-4,7-12,16H2;1H. The van der Waals surface area contributed by atoms with Crippen LogP contribution in [0.2, 0.25) is 0 Å². The fourth-order valence-corrected chi connectivity index (χ4v) is 6.96. The van der Waals surface area contributed by atoms with Crippen LogP contribution in [0, 0.1) is 0 Å². The molecule has 142 valence electrons. The maximum atomic E-state index is 13.0. The van der Waals surface area contributed by atoms with Crippen LogP contribution in [0.5, 0.6) is 0 Å². The monoisotopic (exact) mass is 409 g/mol. The highest BCUT2D eigenvalue weighted by Crippen LogP contribution is 2.29. The summed E-state index contributed by atoms with van der Waals surface area (Å²) < 4.78 is 54.4. The molecular formula is C15H24ClN3O4S2. The summed E-state index contributed by atoms with van der Waals surface area (Å²) in [5.41, 5.74) is 5.84. The van der Waals surface area contributed by atoms with Crippen LogP contribution in [0.1, 0.15) is 25.7 Å². The summed E-state index contributed by atoms with van der Waals surface area (Å²) in [6.45, 7) is 1.52. The Balaban J connectivity index is 0.00000225. The van der Waals surface area contributed by atoms with Gasteiger partial charge in [0.15, 0.2) is 0 Å². The van der Waals surface area contributed by atoms with Crippen molar-refractivity contribution in [2.24, 2.45) is 5.73 Å².